The molecule has 0 aliphatic carbocycles. The Hall–Kier alpha value is -6.10. The number of aliphatic hydroxyl groups excluding tert-OH is 1. The maximum Gasteiger partial charge on any atom is 0.472 e. The van der Waals surface area contributed by atoms with E-state index in [0.29, 0.717) is 25.7 Å². The predicted octanol–water partition coefficient (Wildman–Crippen LogP) is 22.5. The molecule has 586 valence electrons. The molecule has 104 heavy (non-hydrogen) atoms. The summed E-state index contributed by atoms with van der Waals surface area (Å²) in [6.07, 6.45) is 91.6. The molecule has 0 rings (SSSR count). The molecule has 19 heteroatoms. The van der Waals surface area contributed by atoms with Gasteiger partial charge in [0.1, 0.15) is 19.3 Å². The number of carbonyl (C=O) groups excluding carboxylic acids is 4. The highest BCUT2D eigenvalue weighted by Crippen LogP contribution is 2.45. The molecule has 0 saturated carbocycles. The Balaban J connectivity index is 5.52. The van der Waals surface area contributed by atoms with Crippen molar-refractivity contribution in [3.05, 3.63) is 194 Å². The molecule has 0 bridgehead atoms. The summed E-state index contributed by atoms with van der Waals surface area (Å²) >= 11 is 0. The number of unbranched alkanes of at least 4 members (excludes halogenated alkanes) is 13. The molecule has 0 amide bonds. The second-order valence-electron chi connectivity index (χ2n) is 24.8. The number of esters is 4. The second-order valence-corrected chi connectivity index (χ2v) is 27.7. The third kappa shape index (κ3) is 74.2. The first-order valence-electron chi connectivity index (χ1n) is 38.7. The number of aliphatic hydroxyl groups is 1. The van der Waals surface area contributed by atoms with E-state index in [1.54, 1.807) is 6.08 Å². The lowest BCUT2D eigenvalue weighted by Crippen LogP contribution is -2.30. The summed E-state index contributed by atoms with van der Waals surface area (Å²) in [5.74, 6) is -2.42. The van der Waals surface area contributed by atoms with E-state index in [9.17, 15) is 43.2 Å². The van der Waals surface area contributed by atoms with Crippen molar-refractivity contribution in [3.63, 3.8) is 0 Å². The lowest BCUT2D eigenvalue weighted by atomic mass is 10.1. The highest BCUT2D eigenvalue weighted by atomic mass is 31.2. The van der Waals surface area contributed by atoms with Crippen molar-refractivity contribution in [3.8, 4) is 0 Å². The molecule has 0 saturated heterocycles. The van der Waals surface area contributed by atoms with Gasteiger partial charge >= 0.3 is 39.5 Å². The van der Waals surface area contributed by atoms with E-state index in [4.69, 9.17) is 37.0 Å². The summed E-state index contributed by atoms with van der Waals surface area (Å²) in [6.45, 7) is 4.19. The Morgan fingerprint density at radius 1 is 0.279 bits per heavy atom. The minimum absolute atomic E-state index is 0.0472. The standard InChI is InChI=1S/C85H134O17P2/c1-5-9-13-17-21-25-29-33-37-39-43-46-50-54-58-62-66-70-83(88)96-76-81(102-85(90)72-68-64-60-56-52-48-44-40-38-34-30-26-22-18-14-10-6-2)78-100-104(93,94)98-74-79(86)73-97-103(91,92)99-77-80(101-84(89)71-67-63-59-55-51-47-42-36-32-28-24-20-16-12-8-4)75-95-82(87)69-65-61-57-53-49-45-41-35-31-27-23-19-15-11-7-3/h9-16,21-28,33-38,41-44,46,48-49,53,61,65,79-81,86H,5-8,17-20,29-32,39-40,45,47,50-52,54-60,62-64,66-78H2,1-4H3,(H,91,92)(H,93,94)/b13-9-,14-10-,15-11-,16-12-,25-21-,26-22-,27-23-,28-24-,37-33-,38-34-,41-35-,42-36-,46-43-,48-44-,53-49-,65-61-. The highest BCUT2D eigenvalue weighted by molar-refractivity contribution is 7.47. The van der Waals surface area contributed by atoms with Crippen LogP contribution in [0.2, 0.25) is 0 Å². The Labute approximate surface area is 627 Å². The maximum absolute atomic E-state index is 13.1. The molecule has 17 nitrogen and oxygen atoms in total. The third-order valence-corrected chi connectivity index (χ3v) is 17.0. The van der Waals surface area contributed by atoms with E-state index in [0.717, 1.165) is 180 Å². The lowest BCUT2D eigenvalue weighted by molar-refractivity contribution is -0.161. The molecule has 0 spiro atoms. The zero-order valence-corrected chi connectivity index (χ0v) is 65.6. The fourth-order valence-corrected chi connectivity index (χ4v) is 10.9. The highest BCUT2D eigenvalue weighted by Gasteiger charge is 2.30. The van der Waals surface area contributed by atoms with Gasteiger partial charge in [0, 0.05) is 19.3 Å². The van der Waals surface area contributed by atoms with Crippen molar-refractivity contribution in [2.24, 2.45) is 0 Å². The molecule has 0 fully saturated rings. The number of hydrogen-bond acceptors (Lipinski definition) is 15. The van der Waals surface area contributed by atoms with Gasteiger partial charge in [-0.25, -0.2) is 9.13 Å². The molecule has 0 aromatic carbocycles. The van der Waals surface area contributed by atoms with Crippen molar-refractivity contribution >= 4 is 39.5 Å². The van der Waals surface area contributed by atoms with E-state index in [-0.39, 0.29) is 25.7 Å². The summed E-state index contributed by atoms with van der Waals surface area (Å²) in [5.41, 5.74) is 0. The largest absolute Gasteiger partial charge is 0.472 e. The summed E-state index contributed by atoms with van der Waals surface area (Å²) < 4.78 is 68.4. The topological polar surface area (TPSA) is 237 Å². The summed E-state index contributed by atoms with van der Waals surface area (Å²) in [7, 11) is -10.0. The van der Waals surface area contributed by atoms with E-state index in [1.807, 2.05) is 18.2 Å². The Kier molecular flexibility index (Phi) is 70.7. The van der Waals surface area contributed by atoms with Gasteiger partial charge in [-0.2, -0.15) is 0 Å². The molecular weight excluding hydrogens is 1350 g/mol. The lowest BCUT2D eigenvalue weighted by Gasteiger charge is -2.21. The van der Waals surface area contributed by atoms with Crippen LogP contribution in [-0.4, -0.2) is 96.7 Å². The van der Waals surface area contributed by atoms with Crippen LogP contribution in [0.5, 0.6) is 0 Å². The molecule has 0 aromatic rings. The number of carbonyl (C=O) groups is 4. The van der Waals surface area contributed by atoms with Crippen molar-refractivity contribution in [2.75, 3.05) is 39.6 Å². The normalized spacial score (nSPS) is 15.0. The van der Waals surface area contributed by atoms with Crippen molar-refractivity contribution in [2.45, 2.75) is 277 Å². The molecule has 0 radical (unpaired) electrons. The average Bonchev–Trinajstić information content (AvgIpc) is 0.926. The molecule has 5 atom stereocenters. The van der Waals surface area contributed by atoms with Crippen LogP contribution in [0.3, 0.4) is 0 Å². The monoisotopic (exact) mass is 1490 g/mol. The fraction of sp³-hybridized carbons (Fsp3) is 0.576. The molecule has 0 aliphatic heterocycles. The van der Waals surface area contributed by atoms with Gasteiger partial charge in [0.05, 0.1) is 32.8 Å². The molecule has 0 aliphatic rings. The SMILES string of the molecule is CC/C=C\C/C=C\C/C=C\C/C=C\C/C=C\CC(=O)OCC(COP(=O)(O)OCC(O)COP(=O)(O)OCC(COC(=O)CCCCCC/C=C\C/C=C\C/C=C\C/C=C\CC)OC(=O)CCCCCC/C=C\C/C=C\C/C=C\C/C=C\CC)OC(=O)CCCCCCC/C=C\C/C=C\C/C=C\CC. The van der Waals surface area contributed by atoms with Gasteiger partial charge in [-0.1, -0.05) is 267 Å². The molecule has 0 heterocycles. The van der Waals surface area contributed by atoms with E-state index >= 15 is 0 Å². The van der Waals surface area contributed by atoms with Crippen LogP contribution in [0, 0.1) is 0 Å². The van der Waals surface area contributed by atoms with Crippen LogP contribution in [0.15, 0.2) is 194 Å². The van der Waals surface area contributed by atoms with E-state index in [2.05, 4.69) is 198 Å². The van der Waals surface area contributed by atoms with Crippen LogP contribution in [-0.2, 0) is 65.4 Å². The zero-order chi connectivity index (χ0) is 76.0. The number of allylic oxidation sites excluding steroid dienone is 31. The van der Waals surface area contributed by atoms with Crippen LogP contribution >= 0.6 is 15.6 Å². The fourth-order valence-electron chi connectivity index (χ4n) is 9.35. The Morgan fingerprint density at radius 3 is 0.808 bits per heavy atom. The molecular formula is C85H134O17P2. The van der Waals surface area contributed by atoms with Crippen LogP contribution < -0.4 is 0 Å². The van der Waals surface area contributed by atoms with Gasteiger partial charge in [-0.3, -0.25) is 37.3 Å². The third-order valence-electron chi connectivity index (χ3n) is 15.1. The van der Waals surface area contributed by atoms with Gasteiger partial charge in [0.2, 0.25) is 0 Å². The first-order chi connectivity index (χ1) is 50.7. The minimum atomic E-state index is -5.01. The molecule has 5 unspecified atom stereocenters. The number of hydrogen-bond donors (Lipinski definition) is 3. The maximum atomic E-state index is 13.1. The summed E-state index contributed by atoms with van der Waals surface area (Å²) in [4.78, 5) is 72.9. The number of phosphoric ester groups is 2. The van der Waals surface area contributed by atoms with Crippen LogP contribution in [0.4, 0.5) is 0 Å². The Morgan fingerprint density at radius 2 is 0.510 bits per heavy atom. The number of phosphoric acid groups is 2. The van der Waals surface area contributed by atoms with Crippen molar-refractivity contribution in [1.29, 1.82) is 0 Å². The Bertz CT molecular complexity index is 2740. The van der Waals surface area contributed by atoms with Gasteiger partial charge in [0.15, 0.2) is 12.2 Å². The number of ether oxygens (including phenoxy) is 4. The first kappa shape index (κ1) is 97.9. The van der Waals surface area contributed by atoms with Gasteiger partial charge in [-0.05, 0) is 161 Å². The summed E-state index contributed by atoms with van der Waals surface area (Å²) in [5, 5.41) is 10.6. The van der Waals surface area contributed by atoms with Gasteiger partial charge in [-0.15, -0.1) is 0 Å². The van der Waals surface area contributed by atoms with E-state index < -0.39 is 97.5 Å². The van der Waals surface area contributed by atoms with Crippen molar-refractivity contribution < 1.29 is 80.2 Å². The van der Waals surface area contributed by atoms with E-state index in [1.165, 1.54) is 0 Å². The summed E-state index contributed by atoms with van der Waals surface area (Å²) in [6, 6.07) is 0. The average molecular weight is 1490 g/mol. The van der Waals surface area contributed by atoms with Crippen LogP contribution in [0.1, 0.15) is 259 Å². The van der Waals surface area contributed by atoms with Gasteiger partial charge in [0.25, 0.3) is 0 Å². The van der Waals surface area contributed by atoms with Crippen LogP contribution in [0.25, 0.3) is 0 Å². The predicted molar refractivity (Wildman–Crippen MR) is 426 cm³/mol. The first-order valence-corrected chi connectivity index (χ1v) is 41.7. The minimum Gasteiger partial charge on any atom is -0.462 e. The van der Waals surface area contributed by atoms with Gasteiger partial charge < -0.3 is 33.8 Å². The quantitative estimate of drug-likeness (QED) is 0.0169. The van der Waals surface area contributed by atoms with Crippen molar-refractivity contribution in [1.82, 2.24) is 0 Å². The molecule has 3 N–H and O–H groups in total. The smallest absolute Gasteiger partial charge is 0.462 e. The molecule has 0 aromatic heterocycles. The number of rotatable bonds is 70. The second kappa shape index (κ2) is 75.1. The zero-order valence-electron chi connectivity index (χ0n) is 63.9.